The molecule has 0 aliphatic rings. The Kier molecular flexibility index (Phi) is 5.73. The van der Waals surface area contributed by atoms with E-state index >= 15 is 0 Å². The van der Waals surface area contributed by atoms with Crippen LogP contribution in [0, 0.1) is 0 Å². The first-order chi connectivity index (χ1) is 9.14. The molecule has 0 aromatic heterocycles. The summed E-state index contributed by atoms with van der Waals surface area (Å²) in [4.78, 5) is 9.74. The molecule has 14 heteroatoms. The van der Waals surface area contributed by atoms with E-state index in [0.717, 1.165) is 0 Å². The van der Waals surface area contributed by atoms with E-state index in [9.17, 15) is 39.9 Å². The molecule has 0 aromatic rings. The van der Waals surface area contributed by atoms with Crippen LogP contribution in [0.25, 0.3) is 0 Å². The maximum atomic E-state index is 12.7. The fourth-order valence-electron chi connectivity index (χ4n) is 0.701. The van der Waals surface area contributed by atoms with Gasteiger partial charge in [0.15, 0.2) is 6.61 Å². The van der Waals surface area contributed by atoms with Gasteiger partial charge in [-0.3, -0.25) is 0 Å². The fraction of sp³-hybridized carbons (Fsp3) is 0.857. The molecule has 0 radical (unpaired) electrons. The normalized spacial score (nSPS) is 14.1. The molecule has 0 saturated carbocycles. The second-order valence-corrected chi connectivity index (χ2v) is 3.23. The highest BCUT2D eigenvalue weighted by molar-refractivity contribution is 5.56. The van der Waals surface area contributed by atoms with Crippen LogP contribution in [0.3, 0.4) is 0 Å². The summed E-state index contributed by atoms with van der Waals surface area (Å²) in [6, 6.07) is 0. The van der Waals surface area contributed by atoms with Gasteiger partial charge in [-0.15, -0.1) is 0 Å². The van der Waals surface area contributed by atoms with Gasteiger partial charge in [0.05, 0.1) is 0 Å². The van der Waals surface area contributed by atoms with Gasteiger partial charge in [0.1, 0.15) is 6.61 Å². The summed E-state index contributed by atoms with van der Waals surface area (Å²) in [7, 11) is 0. The van der Waals surface area contributed by atoms with Gasteiger partial charge in [0.25, 0.3) is 0 Å². The zero-order valence-corrected chi connectivity index (χ0v) is 9.47. The van der Waals surface area contributed by atoms with E-state index in [1.54, 1.807) is 0 Å². The Morgan fingerprint density at radius 2 is 1.24 bits per heavy atom. The lowest BCUT2D eigenvalue weighted by atomic mass is 10.5. The molecular formula is C7H6F8O6. The predicted molar refractivity (Wildman–Crippen MR) is 43.0 cm³/mol. The number of aliphatic hydroxyl groups is 1. The molecule has 0 bridgehead atoms. The quantitative estimate of drug-likeness (QED) is 0.521. The lowest BCUT2D eigenvalue weighted by Crippen LogP contribution is -2.53. The Labute approximate surface area is 109 Å². The topological polar surface area (TPSA) is 85.2 Å². The number of alkyl halides is 8. The smallest absolute Gasteiger partial charge is 0.450 e. The summed E-state index contributed by atoms with van der Waals surface area (Å²) >= 11 is 0. The fourth-order valence-corrected chi connectivity index (χ4v) is 0.701. The Balaban J connectivity index is 4.97. The highest BCUT2D eigenvalue weighted by Crippen LogP contribution is 2.43. The molecule has 0 unspecified atom stereocenters. The minimum absolute atomic E-state index is 2.23. The molecule has 126 valence electrons. The minimum Gasteiger partial charge on any atom is -0.450 e. The molecule has 0 aromatic carbocycles. The molecule has 0 heterocycles. The van der Waals surface area contributed by atoms with Crippen molar-refractivity contribution in [2.24, 2.45) is 0 Å². The van der Waals surface area contributed by atoms with Gasteiger partial charge < -0.3 is 14.9 Å². The standard InChI is InChI=1S/C7H6F8O6/c8-4(9,1-16)20-6(12,13)7(14,15)21-5(10,11)2-19-3(17)18/h16H,1-2H2,(H,17,18). The average Bonchev–Trinajstić information content (AvgIpc) is 2.23. The van der Waals surface area contributed by atoms with Crippen molar-refractivity contribution < 1.29 is 64.3 Å². The van der Waals surface area contributed by atoms with Crippen LogP contribution in [0.4, 0.5) is 39.9 Å². The van der Waals surface area contributed by atoms with Crippen LogP contribution in [-0.4, -0.2) is 54.0 Å². The van der Waals surface area contributed by atoms with E-state index in [1.165, 1.54) is 0 Å². The molecule has 6 nitrogen and oxygen atoms in total. The number of aliphatic hydroxyl groups excluding tert-OH is 1. The molecule has 0 fully saturated rings. The largest absolute Gasteiger partial charge is 0.506 e. The molecule has 0 saturated heterocycles. The third-order valence-corrected chi connectivity index (χ3v) is 1.44. The SMILES string of the molecule is O=C(O)OCC(F)(F)OC(F)(F)C(F)(F)OC(F)(F)CO. The van der Waals surface area contributed by atoms with Crippen LogP contribution in [0.1, 0.15) is 0 Å². The van der Waals surface area contributed by atoms with E-state index in [0.29, 0.717) is 0 Å². The van der Waals surface area contributed by atoms with Crippen molar-refractivity contribution in [1.29, 1.82) is 0 Å². The summed E-state index contributed by atoms with van der Waals surface area (Å²) in [6.45, 7) is -4.86. The monoisotopic (exact) mass is 338 g/mol. The first-order valence-corrected chi connectivity index (χ1v) is 4.52. The Hall–Kier alpha value is -1.41. The number of halogens is 8. The van der Waals surface area contributed by atoms with Crippen molar-refractivity contribution in [3.8, 4) is 0 Å². The second kappa shape index (κ2) is 6.15. The van der Waals surface area contributed by atoms with Crippen molar-refractivity contribution in [2.45, 2.75) is 24.4 Å². The number of carboxylic acid groups (broad SMARTS) is 1. The van der Waals surface area contributed by atoms with E-state index in [1.807, 2.05) is 0 Å². The molecule has 0 aliphatic carbocycles. The lowest BCUT2D eigenvalue weighted by Gasteiger charge is -2.30. The third-order valence-electron chi connectivity index (χ3n) is 1.44. The van der Waals surface area contributed by atoms with E-state index in [-0.39, 0.29) is 0 Å². The van der Waals surface area contributed by atoms with Crippen molar-refractivity contribution >= 4 is 6.16 Å². The van der Waals surface area contributed by atoms with E-state index in [4.69, 9.17) is 10.2 Å². The van der Waals surface area contributed by atoms with Gasteiger partial charge in [-0.2, -0.15) is 35.1 Å². The number of hydrogen-bond acceptors (Lipinski definition) is 5. The van der Waals surface area contributed by atoms with Gasteiger partial charge in [-0.05, 0) is 0 Å². The second-order valence-electron chi connectivity index (χ2n) is 3.23. The molecule has 0 amide bonds. The molecule has 21 heavy (non-hydrogen) atoms. The summed E-state index contributed by atoms with van der Waals surface area (Å²) < 4.78 is 108. The maximum absolute atomic E-state index is 12.7. The van der Waals surface area contributed by atoms with Crippen LogP contribution in [-0.2, 0) is 14.2 Å². The van der Waals surface area contributed by atoms with Gasteiger partial charge in [-0.25, -0.2) is 14.3 Å². The van der Waals surface area contributed by atoms with Crippen LogP contribution in [0.2, 0.25) is 0 Å². The van der Waals surface area contributed by atoms with Crippen molar-refractivity contribution in [3.63, 3.8) is 0 Å². The van der Waals surface area contributed by atoms with Crippen LogP contribution >= 0.6 is 0 Å². The molecule has 0 aliphatic heterocycles. The van der Waals surface area contributed by atoms with Crippen LogP contribution in [0.15, 0.2) is 0 Å². The first-order valence-electron chi connectivity index (χ1n) is 4.52. The first kappa shape index (κ1) is 19.6. The highest BCUT2D eigenvalue weighted by Gasteiger charge is 2.67. The molecule has 0 atom stereocenters. The maximum Gasteiger partial charge on any atom is 0.506 e. The van der Waals surface area contributed by atoms with Gasteiger partial charge >= 0.3 is 30.6 Å². The highest BCUT2D eigenvalue weighted by atomic mass is 19.3. The van der Waals surface area contributed by atoms with Gasteiger partial charge in [-0.1, -0.05) is 0 Å². The van der Waals surface area contributed by atoms with Crippen molar-refractivity contribution in [2.75, 3.05) is 13.2 Å². The average molecular weight is 338 g/mol. The number of carbonyl (C=O) groups is 1. The predicted octanol–water partition coefficient (Wildman–Crippen LogP) is 2.08. The minimum atomic E-state index is -6.29. The number of rotatable bonds is 8. The van der Waals surface area contributed by atoms with E-state index < -0.39 is 43.8 Å². The van der Waals surface area contributed by atoms with Gasteiger partial charge in [0, 0.05) is 0 Å². The Morgan fingerprint density at radius 1 is 0.857 bits per heavy atom. The molecule has 0 spiro atoms. The van der Waals surface area contributed by atoms with Crippen LogP contribution in [0.5, 0.6) is 0 Å². The van der Waals surface area contributed by atoms with E-state index in [2.05, 4.69) is 14.2 Å². The molecular weight excluding hydrogens is 332 g/mol. The van der Waals surface area contributed by atoms with Crippen molar-refractivity contribution in [1.82, 2.24) is 0 Å². The summed E-state index contributed by atoms with van der Waals surface area (Å²) in [5, 5.41) is 15.7. The lowest BCUT2D eigenvalue weighted by molar-refractivity contribution is -0.515. The number of hydrogen-bond donors (Lipinski definition) is 2. The zero-order valence-electron chi connectivity index (χ0n) is 9.47. The van der Waals surface area contributed by atoms with Gasteiger partial charge in [0.2, 0.25) is 0 Å². The third kappa shape index (κ3) is 6.26. The summed E-state index contributed by atoms with van der Waals surface area (Å²) in [6.07, 6.45) is -25.4. The molecule has 2 N–H and O–H groups in total. The molecule has 0 rings (SSSR count). The van der Waals surface area contributed by atoms with Crippen LogP contribution < -0.4 is 0 Å². The summed E-state index contributed by atoms with van der Waals surface area (Å²) in [5.74, 6) is 0. The van der Waals surface area contributed by atoms with Crippen molar-refractivity contribution in [3.05, 3.63) is 0 Å². The summed E-state index contributed by atoms with van der Waals surface area (Å²) in [5.41, 5.74) is 0. The Bertz CT molecular complexity index is 372. The number of ether oxygens (including phenoxy) is 3. The zero-order chi connectivity index (χ0) is 17.1. The Morgan fingerprint density at radius 3 is 1.57 bits per heavy atom.